The highest BCUT2D eigenvalue weighted by Crippen LogP contribution is 2.31. The van der Waals surface area contributed by atoms with E-state index < -0.39 is 12.1 Å². The number of aliphatic hydroxyl groups excluding tert-OH is 1. The van der Waals surface area contributed by atoms with E-state index in [0.717, 1.165) is 30.4 Å². The summed E-state index contributed by atoms with van der Waals surface area (Å²) in [5, 5.41) is 20.9. The fourth-order valence-corrected chi connectivity index (χ4v) is 3.66. The first-order chi connectivity index (χ1) is 13.4. The summed E-state index contributed by atoms with van der Waals surface area (Å²) in [6.45, 7) is 6.05. The van der Waals surface area contributed by atoms with Gasteiger partial charge in [-0.2, -0.15) is 0 Å². The zero-order valence-electron chi connectivity index (χ0n) is 17.6. The summed E-state index contributed by atoms with van der Waals surface area (Å²) >= 11 is 0. The van der Waals surface area contributed by atoms with Gasteiger partial charge in [0.1, 0.15) is 0 Å². The van der Waals surface area contributed by atoms with Crippen molar-refractivity contribution in [3.63, 3.8) is 0 Å². The molecule has 1 aromatic carbocycles. The molecule has 0 saturated carbocycles. The van der Waals surface area contributed by atoms with E-state index in [9.17, 15) is 14.7 Å². The van der Waals surface area contributed by atoms with Crippen LogP contribution < -0.4 is 5.32 Å². The maximum Gasteiger partial charge on any atom is 0.334 e. The van der Waals surface area contributed by atoms with Crippen LogP contribution in [0.2, 0.25) is 0 Å². The quantitative estimate of drug-likeness (QED) is 0.410. The Morgan fingerprint density at radius 3 is 2.25 bits per heavy atom. The first-order valence-electron chi connectivity index (χ1n) is 10.6. The number of hydrogen-bond donors (Lipinski definition) is 3. The third-order valence-corrected chi connectivity index (χ3v) is 5.49. The van der Waals surface area contributed by atoms with Crippen LogP contribution in [0, 0.1) is 12.8 Å². The van der Waals surface area contributed by atoms with Gasteiger partial charge in [-0.15, -0.1) is 0 Å². The van der Waals surface area contributed by atoms with Crippen molar-refractivity contribution in [3.8, 4) is 0 Å². The molecule has 0 aromatic heterocycles. The first kappa shape index (κ1) is 24.2. The molecule has 0 saturated heterocycles. The number of hydrogen-bond acceptors (Lipinski definition) is 3. The SMILES string of the molecule is CCCCCCCCC[C@H](C(=O)NC[C@H](O)C(=O)O)C(C)c1ccccc1C. The van der Waals surface area contributed by atoms with E-state index in [1.807, 2.05) is 25.1 Å². The molecule has 1 aromatic rings. The van der Waals surface area contributed by atoms with Crippen molar-refractivity contribution in [1.82, 2.24) is 5.32 Å². The van der Waals surface area contributed by atoms with Crippen LogP contribution in [-0.2, 0) is 9.59 Å². The van der Waals surface area contributed by atoms with Gasteiger partial charge >= 0.3 is 5.97 Å². The van der Waals surface area contributed by atoms with Crippen molar-refractivity contribution in [2.24, 2.45) is 5.92 Å². The average molecular weight is 392 g/mol. The zero-order chi connectivity index (χ0) is 20.9. The third kappa shape index (κ3) is 8.42. The van der Waals surface area contributed by atoms with Crippen LogP contribution in [0.25, 0.3) is 0 Å². The number of aliphatic carboxylic acids is 1. The maximum absolute atomic E-state index is 12.8. The molecule has 0 aliphatic heterocycles. The molecule has 1 unspecified atom stereocenters. The van der Waals surface area contributed by atoms with Gasteiger partial charge in [-0.3, -0.25) is 4.79 Å². The molecule has 1 rings (SSSR count). The topological polar surface area (TPSA) is 86.6 Å². The van der Waals surface area contributed by atoms with Gasteiger partial charge in [-0.05, 0) is 30.4 Å². The molecular formula is C23H37NO4. The standard InChI is InChI=1S/C23H37NO4/c1-4-5-6-7-8-9-10-15-20(22(26)24-16-21(25)23(27)28)18(3)19-14-12-11-13-17(19)2/h11-14,18,20-21,25H,4-10,15-16H2,1-3H3,(H,24,26)(H,27,28)/t18?,20-,21-/m0/s1. The second-order valence-corrected chi connectivity index (χ2v) is 7.76. The molecule has 0 bridgehead atoms. The molecule has 0 fully saturated rings. The number of carbonyl (C=O) groups is 2. The monoisotopic (exact) mass is 391 g/mol. The number of carboxylic acid groups (broad SMARTS) is 1. The van der Waals surface area contributed by atoms with E-state index in [2.05, 4.69) is 25.2 Å². The number of aliphatic hydroxyl groups is 1. The number of benzene rings is 1. The van der Waals surface area contributed by atoms with Gasteiger partial charge in [0, 0.05) is 5.92 Å². The Hall–Kier alpha value is -1.88. The Bertz CT molecular complexity index is 602. The molecular weight excluding hydrogens is 354 g/mol. The number of unbranched alkanes of at least 4 members (excludes halogenated alkanes) is 6. The number of carboxylic acids is 1. The Kier molecular flexibility index (Phi) is 11.5. The molecule has 5 nitrogen and oxygen atoms in total. The Morgan fingerprint density at radius 1 is 1.04 bits per heavy atom. The van der Waals surface area contributed by atoms with E-state index in [0.29, 0.717) is 0 Å². The summed E-state index contributed by atoms with van der Waals surface area (Å²) in [6.07, 6.45) is 7.48. The van der Waals surface area contributed by atoms with Crippen molar-refractivity contribution < 1.29 is 19.8 Å². The van der Waals surface area contributed by atoms with Crippen LogP contribution in [0.15, 0.2) is 24.3 Å². The van der Waals surface area contributed by atoms with Gasteiger partial charge in [-0.25, -0.2) is 4.79 Å². The van der Waals surface area contributed by atoms with Crippen LogP contribution in [-0.4, -0.2) is 34.7 Å². The van der Waals surface area contributed by atoms with E-state index in [-0.39, 0.29) is 24.3 Å². The van der Waals surface area contributed by atoms with Crippen LogP contribution in [0.4, 0.5) is 0 Å². The summed E-state index contributed by atoms with van der Waals surface area (Å²) in [5.41, 5.74) is 2.29. The average Bonchev–Trinajstić information content (AvgIpc) is 2.67. The zero-order valence-corrected chi connectivity index (χ0v) is 17.6. The number of rotatable bonds is 14. The van der Waals surface area contributed by atoms with Crippen molar-refractivity contribution >= 4 is 11.9 Å². The van der Waals surface area contributed by atoms with Crippen LogP contribution in [0.1, 0.15) is 82.3 Å². The van der Waals surface area contributed by atoms with Gasteiger partial charge in [-0.1, -0.05) is 83.1 Å². The van der Waals surface area contributed by atoms with E-state index in [4.69, 9.17) is 5.11 Å². The third-order valence-electron chi connectivity index (χ3n) is 5.49. The number of nitrogens with one attached hydrogen (secondary N) is 1. The first-order valence-corrected chi connectivity index (χ1v) is 10.6. The molecule has 0 heterocycles. The fraction of sp³-hybridized carbons (Fsp3) is 0.652. The van der Waals surface area contributed by atoms with E-state index in [1.54, 1.807) is 0 Å². The number of carbonyl (C=O) groups excluding carboxylic acids is 1. The van der Waals surface area contributed by atoms with Crippen molar-refractivity contribution in [1.29, 1.82) is 0 Å². The lowest BCUT2D eigenvalue weighted by atomic mass is 9.81. The van der Waals surface area contributed by atoms with Gasteiger partial charge in [0.2, 0.25) is 5.91 Å². The highest BCUT2D eigenvalue weighted by atomic mass is 16.4. The lowest BCUT2D eigenvalue weighted by Gasteiger charge is -2.25. The van der Waals surface area contributed by atoms with Crippen LogP contribution in [0.5, 0.6) is 0 Å². The molecule has 28 heavy (non-hydrogen) atoms. The molecule has 5 heteroatoms. The van der Waals surface area contributed by atoms with Gasteiger partial charge in [0.15, 0.2) is 6.10 Å². The summed E-state index contributed by atoms with van der Waals surface area (Å²) < 4.78 is 0. The highest BCUT2D eigenvalue weighted by Gasteiger charge is 2.27. The molecule has 0 radical (unpaired) electrons. The lowest BCUT2D eigenvalue weighted by molar-refractivity contribution is -0.146. The van der Waals surface area contributed by atoms with Gasteiger partial charge < -0.3 is 15.5 Å². The van der Waals surface area contributed by atoms with Crippen LogP contribution >= 0.6 is 0 Å². The lowest BCUT2D eigenvalue weighted by Crippen LogP contribution is -2.40. The van der Waals surface area contributed by atoms with Gasteiger partial charge in [0.05, 0.1) is 6.54 Å². The molecule has 0 aliphatic carbocycles. The second kappa shape index (κ2) is 13.3. The fourth-order valence-electron chi connectivity index (χ4n) is 3.66. The summed E-state index contributed by atoms with van der Waals surface area (Å²) in [6, 6.07) is 8.07. The second-order valence-electron chi connectivity index (χ2n) is 7.76. The maximum atomic E-state index is 12.8. The Labute approximate surface area is 169 Å². The van der Waals surface area contributed by atoms with Gasteiger partial charge in [0.25, 0.3) is 0 Å². The summed E-state index contributed by atoms with van der Waals surface area (Å²) in [4.78, 5) is 23.6. The van der Waals surface area contributed by atoms with Crippen molar-refractivity contribution in [2.75, 3.05) is 6.54 Å². The summed E-state index contributed by atoms with van der Waals surface area (Å²) in [7, 11) is 0. The predicted octanol–water partition coefficient (Wildman–Crippen LogP) is 4.42. The molecule has 3 atom stereocenters. The Balaban J connectivity index is 2.69. The van der Waals surface area contributed by atoms with E-state index in [1.165, 1.54) is 32.1 Å². The van der Waals surface area contributed by atoms with E-state index >= 15 is 0 Å². The minimum atomic E-state index is -1.57. The minimum absolute atomic E-state index is 0.0308. The minimum Gasteiger partial charge on any atom is -0.479 e. The summed E-state index contributed by atoms with van der Waals surface area (Å²) in [5.74, 6) is -1.71. The molecule has 1 amide bonds. The molecule has 158 valence electrons. The smallest absolute Gasteiger partial charge is 0.334 e. The van der Waals surface area contributed by atoms with Crippen molar-refractivity contribution in [2.45, 2.75) is 84.2 Å². The number of amides is 1. The highest BCUT2D eigenvalue weighted by molar-refractivity contribution is 5.81. The predicted molar refractivity (Wildman–Crippen MR) is 112 cm³/mol. The number of aryl methyl sites for hydroxylation is 1. The molecule has 0 aliphatic rings. The molecule has 3 N–H and O–H groups in total. The Morgan fingerprint density at radius 2 is 1.64 bits per heavy atom. The van der Waals surface area contributed by atoms with Crippen molar-refractivity contribution in [3.05, 3.63) is 35.4 Å². The normalized spacial score (nSPS) is 14.3. The molecule has 0 spiro atoms. The largest absolute Gasteiger partial charge is 0.479 e. The van der Waals surface area contributed by atoms with Crippen LogP contribution in [0.3, 0.4) is 0 Å².